The molecule has 0 amide bonds. The number of nitrogens with one attached hydrogen (secondary N) is 1. The molecule has 0 aromatic carbocycles. The van der Waals surface area contributed by atoms with E-state index in [1.165, 1.54) is 0 Å². The Kier molecular flexibility index (Phi) is 2.67. The van der Waals surface area contributed by atoms with Gasteiger partial charge in [0.05, 0.1) is 12.5 Å². The van der Waals surface area contributed by atoms with E-state index in [9.17, 15) is 0 Å². The first-order valence-corrected chi connectivity index (χ1v) is 6.02. The third-order valence-electron chi connectivity index (χ3n) is 3.01. The number of aromatic nitrogens is 4. The van der Waals surface area contributed by atoms with Crippen molar-refractivity contribution in [1.82, 2.24) is 19.9 Å². The van der Waals surface area contributed by atoms with Crippen molar-refractivity contribution >= 4 is 11.0 Å². The lowest BCUT2D eigenvalue weighted by Gasteiger charge is -2.05. The molecule has 0 bridgehead atoms. The van der Waals surface area contributed by atoms with Gasteiger partial charge in [-0.2, -0.15) is 4.98 Å². The number of methoxy groups -OCH3 is 1. The molecule has 0 aliphatic rings. The Labute approximate surface area is 110 Å². The standard InChI is InChI=1S/C14H14N4O/c1-8-6-10(4-5-15-8)11-7-16-13-12(11)14(19-3)18-9(2)17-13/h4-7H,1-3H3,(H,16,17,18). The van der Waals surface area contributed by atoms with Gasteiger partial charge in [-0.1, -0.05) is 0 Å². The third kappa shape index (κ3) is 1.93. The second-order valence-electron chi connectivity index (χ2n) is 4.39. The van der Waals surface area contributed by atoms with Crippen LogP contribution in [-0.2, 0) is 0 Å². The highest BCUT2D eigenvalue weighted by atomic mass is 16.5. The van der Waals surface area contributed by atoms with Gasteiger partial charge in [-0.25, -0.2) is 4.98 Å². The van der Waals surface area contributed by atoms with Crippen molar-refractivity contribution in [3.05, 3.63) is 36.0 Å². The van der Waals surface area contributed by atoms with Crippen LogP contribution in [0.5, 0.6) is 5.88 Å². The summed E-state index contributed by atoms with van der Waals surface area (Å²) in [5.74, 6) is 1.27. The second-order valence-corrected chi connectivity index (χ2v) is 4.39. The molecule has 3 aromatic rings. The van der Waals surface area contributed by atoms with E-state index in [1.807, 2.05) is 32.2 Å². The molecule has 0 saturated carbocycles. The van der Waals surface area contributed by atoms with Crippen LogP contribution in [0, 0.1) is 13.8 Å². The van der Waals surface area contributed by atoms with Crippen LogP contribution in [0.1, 0.15) is 11.5 Å². The number of aromatic amines is 1. The van der Waals surface area contributed by atoms with Crippen LogP contribution in [0.25, 0.3) is 22.2 Å². The first-order valence-electron chi connectivity index (χ1n) is 6.02. The molecule has 0 aliphatic heterocycles. The summed E-state index contributed by atoms with van der Waals surface area (Å²) in [6.07, 6.45) is 3.72. The summed E-state index contributed by atoms with van der Waals surface area (Å²) >= 11 is 0. The predicted octanol–water partition coefficient (Wildman–Crippen LogP) is 2.65. The number of nitrogens with zero attached hydrogens (tertiary/aromatic N) is 3. The van der Waals surface area contributed by atoms with Gasteiger partial charge in [0.25, 0.3) is 0 Å². The molecule has 0 saturated heterocycles. The van der Waals surface area contributed by atoms with Crippen LogP contribution >= 0.6 is 0 Å². The zero-order valence-electron chi connectivity index (χ0n) is 11.1. The number of hydrogen-bond acceptors (Lipinski definition) is 4. The molecule has 19 heavy (non-hydrogen) atoms. The van der Waals surface area contributed by atoms with Gasteiger partial charge in [0.2, 0.25) is 5.88 Å². The van der Waals surface area contributed by atoms with E-state index in [4.69, 9.17) is 4.74 Å². The van der Waals surface area contributed by atoms with Crippen molar-refractivity contribution in [2.45, 2.75) is 13.8 Å². The number of rotatable bonds is 2. The molecule has 0 spiro atoms. The Balaban J connectivity index is 2.31. The molecule has 5 heteroatoms. The topological polar surface area (TPSA) is 63.7 Å². The van der Waals surface area contributed by atoms with Gasteiger partial charge in [-0.15, -0.1) is 0 Å². The Morgan fingerprint density at radius 1 is 1.21 bits per heavy atom. The summed E-state index contributed by atoms with van der Waals surface area (Å²) < 4.78 is 5.37. The summed E-state index contributed by atoms with van der Waals surface area (Å²) in [4.78, 5) is 16.1. The van der Waals surface area contributed by atoms with Gasteiger partial charge in [0, 0.05) is 23.7 Å². The Hall–Kier alpha value is -2.43. The zero-order valence-corrected chi connectivity index (χ0v) is 11.1. The van der Waals surface area contributed by atoms with E-state index in [2.05, 4.69) is 19.9 Å². The van der Waals surface area contributed by atoms with Crippen molar-refractivity contribution in [2.24, 2.45) is 0 Å². The zero-order chi connectivity index (χ0) is 13.4. The molecule has 5 nitrogen and oxygen atoms in total. The first kappa shape index (κ1) is 11.6. The Morgan fingerprint density at radius 3 is 2.79 bits per heavy atom. The fourth-order valence-electron chi connectivity index (χ4n) is 2.20. The summed E-state index contributed by atoms with van der Waals surface area (Å²) in [6.45, 7) is 3.81. The van der Waals surface area contributed by atoms with Gasteiger partial charge in [0.1, 0.15) is 11.5 Å². The van der Waals surface area contributed by atoms with Crippen LogP contribution in [0.3, 0.4) is 0 Å². The van der Waals surface area contributed by atoms with Crippen LogP contribution in [0.4, 0.5) is 0 Å². The smallest absolute Gasteiger partial charge is 0.226 e. The van der Waals surface area contributed by atoms with Crippen LogP contribution < -0.4 is 4.74 Å². The van der Waals surface area contributed by atoms with Gasteiger partial charge >= 0.3 is 0 Å². The number of fused-ring (bicyclic) bond motifs is 1. The number of pyridine rings is 1. The minimum Gasteiger partial charge on any atom is -0.480 e. The number of ether oxygens (including phenoxy) is 1. The maximum atomic E-state index is 5.37. The highest BCUT2D eigenvalue weighted by Crippen LogP contribution is 2.33. The number of aryl methyl sites for hydroxylation is 2. The largest absolute Gasteiger partial charge is 0.480 e. The molecule has 1 N–H and O–H groups in total. The molecule has 0 aliphatic carbocycles. The molecular weight excluding hydrogens is 240 g/mol. The van der Waals surface area contributed by atoms with Crippen molar-refractivity contribution < 1.29 is 4.74 Å². The molecule has 96 valence electrons. The maximum absolute atomic E-state index is 5.37. The van der Waals surface area contributed by atoms with Crippen molar-refractivity contribution in [3.63, 3.8) is 0 Å². The van der Waals surface area contributed by atoms with E-state index in [-0.39, 0.29) is 0 Å². The molecule has 0 radical (unpaired) electrons. The van der Waals surface area contributed by atoms with Crippen molar-refractivity contribution in [1.29, 1.82) is 0 Å². The lowest BCUT2D eigenvalue weighted by atomic mass is 10.1. The van der Waals surface area contributed by atoms with Gasteiger partial charge in [0.15, 0.2) is 0 Å². The Morgan fingerprint density at radius 2 is 2.05 bits per heavy atom. The van der Waals surface area contributed by atoms with E-state index in [0.29, 0.717) is 11.7 Å². The summed E-state index contributed by atoms with van der Waals surface area (Å²) in [7, 11) is 1.62. The number of hydrogen-bond donors (Lipinski definition) is 1. The van der Waals surface area contributed by atoms with Crippen LogP contribution in [0.15, 0.2) is 24.5 Å². The predicted molar refractivity (Wildman–Crippen MR) is 73.1 cm³/mol. The van der Waals surface area contributed by atoms with Crippen molar-refractivity contribution in [3.8, 4) is 17.0 Å². The summed E-state index contributed by atoms with van der Waals surface area (Å²) in [5, 5.41) is 0.902. The minimum atomic E-state index is 0.591. The van der Waals surface area contributed by atoms with E-state index >= 15 is 0 Å². The molecule has 0 fully saturated rings. The molecule has 3 rings (SSSR count). The van der Waals surface area contributed by atoms with E-state index < -0.39 is 0 Å². The van der Waals surface area contributed by atoms with Gasteiger partial charge in [-0.3, -0.25) is 4.98 Å². The second kappa shape index (κ2) is 4.35. The molecular formula is C14H14N4O. The summed E-state index contributed by atoms with van der Waals surface area (Å²) in [5.41, 5.74) is 3.86. The number of H-pyrrole nitrogens is 1. The fraction of sp³-hybridized carbons (Fsp3) is 0.214. The lowest BCUT2D eigenvalue weighted by Crippen LogP contribution is -1.94. The van der Waals surface area contributed by atoms with Crippen LogP contribution in [-0.4, -0.2) is 27.0 Å². The SMILES string of the molecule is COc1nc(C)nc2[nH]cc(-c3ccnc(C)c3)c12. The van der Waals surface area contributed by atoms with Gasteiger partial charge in [-0.05, 0) is 31.5 Å². The average Bonchev–Trinajstić information content (AvgIpc) is 2.81. The lowest BCUT2D eigenvalue weighted by molar-refractivity contribution is 0.401. The Bertz CT molecular complexity index is 748. The van der Waals surface area contributed by atoms with Crippen LogP contribution in [0.2, 0.25) is 0 Å². The normalized spacial score (nSPS) is 10.9. The average molecular weight is 254 g/mol. The highest BCUT2D eigenvalue weighted by Gasteiger charge is 2.14. The molecule has 3 heterocycles. The molecule has 0 atom stereocenters. The highest BCUT2D eigenvalue weighted by molar-refractivity contribution is 5.97. The first-order chi connectivity index (χ1) is 9.19. The molecule has 0 unspecified atom stereocenters. The maximum Gasteiger partial charge on any atom is 0.226 e. The monoisotopic (exact) mass is 254 g/mol. The van der Waals surface area contributed by atoms with E-state index in [1.54, 1.807) is 13.3 Å². The molecule has 3 aromatic heterocycles. The van der Waals surface area contributed by atoms with Crippen molar-refractivity contribution in [2.75, 3.05) is 7.11 Å². The minimum absolute atomic E-state index is 0.591. The van der Waals surface area contributed by atoms with Gasteiger partial charge < -0.3 is 9.72 Å². The third-order valence-corrected chi connectivity index (χ3v) is 3.01. The summed E-state index contributed by atoms with van der Waals surface area (Å²) in [6, 6.07) is 4.00. The quantitative estimate of drug-likeness (QED) is 0.763. The fourth-order valence-corrected chi connectivity index (χ4v) is 2.20. The van der Waals surface area contributed by atoms with E-state index in [0.717, 1.165) is 27.9 Å².